The van der Waals surface area contributed by atoms with Crippen LogP contribution in [0.1, 0.15) is 0 Å². The van der Waals surface area contributed by atoms with Gasteiger partial charge in [-0.25, -0.2) is 0 Å². The molecule has 0 rings (SSSR count). The maximum Gasteiger partial charge on any atom is 0.245 e. The van der Waals surface area contributed by atoms with E-state index >= 15 is 0 Å². The van der Waals surface area contributed by atoms with E-state index in [9.17, 15) is 0 Å². The summed E-state index contributed by atoms with van der Waals surface area (Å²) < 4.78 is 0. The van der Waals surface area contributed by atoms with Crippen molar-refractivity contribution in [1.82, 2.24) is 0 Å². The second kappa shape index (κ2) is 22.5. The summed E-state index contributed by atoms with van der Waals surface area (Å²) in [5.41, 5.74) is 0. The van der Waals surface area contributed by atoms with Gasteiger partial charge in [-0.15, -0.1) is 11.5 Å². The third kappa shape index (κ3) is 244. The van der Waals surface area contributed by atoms with E-state index in [-0.39, 0.29) is 0 Å². The standard InChI is InChI=1S/C2H3.Al.HNO2.2H/c1-2;;2-1-3;;/h1H,2H2;;(H,2,3);;. The molecule has 0 aliphatic carbocycles. The Bertz CT molecular complexity index is 32.5. The average Bonchev–Trinajstić information content (AvgIpc) is 1.39. The molecule has 1 N–H and O–H groups in total. The lowest BCUT2D eigenvalue weighted by Crippen LogP contribution is -1.29. The molecule has 0 aliphatic heterocycles. The van der Waals surface area contributed by atoms with E-state index in [2.05, 4.69) is 6.58 Å². The molecule has 6 heavy (non-hydrogen) atoms. The highest BCUT2D eigenvalue weighted by Gasteiger charge is 1.23. The molecule has 0 aromatic carbocycles. The molecule has 0 atom stereocenters. The van der Waals surface area contributed by atoms with Gasteiger partial charge in [-0.1, -0.05) is 0 Å². The Kier molecular flexibility index (Phi) is 34.5. The zero-order valence-electron chi connectivity index (χ0n) is 3.59. The minimum atomic E-state index is 1.13. The first-order chi connectivity index (χ1) is 2.83. The summed E-state index contributed by atoms with van der Waals surface area (Å²) in [7, 11) is 0. The van der Waals surface area contributed by atoms with Crippen molar-refractivity contribution in [1.29, 1.82) is 0 Å². The molecule has 34 valence electrons. The van der Waals surface area contributed by atoms with Crippen molar-refractivity contribution in [3.8, 4) is 0 Å². The first-order valence-corrected chi connectivity index (χ1v) is 2.52. The number of rotatable bonds is 0. The fourth-order valence-electron chi connectivity index (χ4n) is 0. The molecular weight excluding hydrogens is 97.0 g/mol. The van der Waals surface area contributed by atoms with Crippen LogP contribution < -0.4 is 0 Å². The second-order valence-electron chi connectivity index (χ2n) is 0.490. The Labute approximate surface area is 44.0 Å². The van der Waals surface area contributed by atoms with Gasteiger partial charge in [0.25, 0.3) is 0 Å². The molecule has 0 heterocycles. The van der Waals surface area contributed by atoms with Gasteiger partial charge in [0.2, 0.25) is 16.3 Å². The fourth-order valence-corrected chi connectivity index (χ4v) is 0. The van der Waals surface area contributed by atoms with Crippen LogP contribution in [0.4, 0.5) is 0 Å². The van der Waals surface area contributed by atoms with Crippen molar-refractivity contribution < 1.29 is 5.21 Å². The van der Waals surface area contributed by atoms with Gasteiger partial charge in [0.05, 0.1) is 0 Å². The molecule has 0 saturated carbocycles. The maximum absolute atomic E-state index is 8.11. The van der Waals surface area contributed by atoms with E-state index in [0.29, 0.717) is 0 Å². The molecule has 0 spiro atoms. The van der Waals surface area contributed by atoms with Gasteiger partial charge in [-0.2, -0.15) is 4.94 Å². The molecule has 0 unspecified atom stereocenters. The van der Waals surface area contributed by atoms with E-state index in [1.165, 1.54) is 5.34 Å². The molecule has 0 aliphatic rings. The molecule has 4 heteroatoms. The third-order valence-corrected chi connectivity index (χ3v) is 0. The Hall–Kier alpha value is -0.328. The normalized spacial score (nSPS) is 4.00. The summed E-state index contributed by atoms with van der Waals surface area (Å²) in [6.07, 6.45) is 0. The van der Waals surface area contributed by atoms with Crippen molar-refractivity contribution in [3.63, 3.8) is 0 Å². The number of hydrogen-bond acceptors (Lipinski definition) is 2. The lowest BCUT2D eigenvalue weighted by molar-refractivity contribution is 0.312. The summed E-state index contributed by atoms with van der Waals surface area (Å²) in [6.45, 7) is 3.42. The van der Waals surface area contributed by atoms with Gasteiger partial charge in [0.15, 0.2) is 5.34 Å². The van der Waals surface area contributed by atoms with Crippen LogP contribution in [0.25, 0.3) is 0 Å². The van der Waals surface area contributed by atoms with Crippen LogP contribution in [-0.2, 0) is 0 Å². The Morgan fingerprint density at radius 3 is 2.00 bits per heavy atom. The Morgan fingerprint density at radius 2 is 2.00 bits per heavy atom. The molecule has 0 amide bonds. The molecule has 0 aromatic heterocycles. The highest BCUT2D eigenvalue weighted by molar-refractivity contribution is 6.16. The lowest BCUT2D eigenvalue weighted by atomic mass is 11.3. The van der Waals surface area contributed by atoms with Crippen LogP contribution >= 0.6 is 0 Å². The SMILES string of the molecule is C=[CH][AlH2].O=NO. The van der Waals surface area contributed by atoms with Gasteiger partial charge < -0.3 is 5.21 Å². The van der Waals surface area contributed by atoms with Crippen molar-refractivity contribution in [3.05, 3.63) is 16.4 Å². The Balaban J connectivity index is 0. The monoisotopic (exact) mass is 103 g/mol. The van der Waals surface area contributed by atoms with Gasteiger partial charge in [-0.05, 0) is 0 Å². The molecule has 3 nitrogen and oxygen atoms in total. The maximum atomic E-state index is 8.11. The minimum Gasteiger partial charge on any atom is -0.379 e. The van der Waals surface area contributed by atoms with E-state index in [1.54, 1.807) is 0 Å². The molecule has 0 aromatic rings. The zero-order valence-corrected chi connectivity index (χ0v) is 5.59. The summed E-state index contributed by atoms with van der Waals surface area (Å²) in [5.74, 6) is 0. The quantitative estimate of drug-likeness (QED) is 0.264. The Morgan fingerprint density at radius 1 is 2.00 bits per heavy atom. The number of hydrogen-bond donors (Lipinski definition) is 1. The highest BCUT2D eigenvalue weighted by Crippen LogP contribution is 1.25. The lowest BCUT2D eigenvalue weighted by Gasteiger charge is -1.32. The van der Waals surface area contributed by atoms with Crippen LogP contribution in [0.5, 0.6) is 0 Å². The summed E-state index contributed by atoms with van der Waals surface area (Å²) in [4.78, 5) is 10.0. The zero-order chi connectivity index (χ0) is 5.41. The predicted molar refractivity (Wildman–Crippen MR) is 26.3 cm³/mol. The highest BCUT2D eigenvalue weighted by atomic mass is 27.0. The van der Waals surface area contributed by atoms with Crippen LogP contribution in [0, 0.1) is 4.91 Å². The van der Waals surface area contributed by atoms with Gasteiger partial charge in [0.1, 0.15) is 0 Å². The number of nitrogens with zero attached hydrogens (tertiary/aromatic N) is 1. The van der Waals surface area contributed by atoms with Crippen LogP contribution in [0.15, 0.2) is 16.9 Å². The second-order valence-corrected chi connectivity index (χ2v) is 1.31. The topological polar surface area (TPSA) is 49.7 Å². The third-order valence-electron chi connectivity index (χ3n) is 0. The van der Waals surface area contributed by atoms with Crippen LogP contribution in [-0.4, -0.2) is 21.5 Å². The van der Waals surface area contributed by atoms with Gasteiger partial charge in [0, 0.05) is 0 Å². The molecular formula is C2H6AlNO2. The largest absolute Gasteiger partial charge is 0.379 e. The summed E-state index contributed by atoms with van der Waals surface area (Å²) in [6, 6.07) is 0. The van der Waals surface area contributed by atoms with E-state index < -0.39 is 0 Å². The van der Waals surface area contributed by atoms with E-state index in [1.807, 2.05) is 4.94 Å². The van der Waals surface area contributed by atoms with Gasteiger partial charge >= 0.3 is 0 Å². The fraction of sp³-hybridized carbons (Fsp3) is 0. The van der Waals surface area contributed by atoms with Crippen LogP contribution in [0.2, 0.25) is 0 Å². The van der Waals surface area contributed by atoms with Crippen molar-refractivity contribution in [2.45, 2.75) is 0 Å². The smallest absolute Gasteiger partial charge is 0.245 e. The van der Waals surface area contributed by atoms with Crippen molar-refractivity contribution >= 4 is 16.3 Å². The first kappa shape index (κ1) is 9.18. The first-order valence-electron chi connectivity index (χ1n) is 1.37. The van der Waals surface area contributed by atoms with Crippen molar-refractivity contribution in [2.24, 2.45) is 5.34 Å². The molecule has 0 fully saturated rings. The molecule has 0 bridgehead atoms. The van der Waals surface area contributed by atoms with E-state index in [4.69, 9.17) is 10.1 Å². The molecule has 0 saturated heterocycles. The van der Waals surface area contributed by atoms with Gasteiger partial charge in [-0.3, -0.25) is 0 Å². The summed E-state index contributed by atoms with van der Waals surface area (Å²) in [5, 5.41) is 7.89. The predicted octanol–water partition coefficient (Wildman–Crippen LogP) is -0.0950. The van der Waals surface area contributed by atoms with Crippen molar-refractivity contribution in [2.75, 3.05) is 0 Å². The average molecular weight is 103 g/mol. The minimum absolute atomic E-state index is 1.13. The van der Waals surface area contributed by atoms with Crippen LogP contribution in [0.3, 0.4) is 0 Å². The summed E-state index contributed by atoms with van der Waals surface area (Å²) >= 11 is 1.13. The molecule has 0 radical (unpaired) electrons. The van der Waals surface area contributed by atoms with E-state index in [0.717, 1.165) is 16.3 Å².